The summed E-state index contributed by atoms with van der Waals surface area (Å²) < 4.78 is 7.11. The average molecular weight is 629 g/mol. The number of aliphatic hydroxyl groups excluding tert-OH is 2. The summed E-state index contributed by atoms with van der Waals surface area (Å²) in [6.07, 6.45) is 9.97. The molecule has 1 aromatic carbocycles. The van der Waals surface area contributed by atoms with E-state index in [2.05, 4.69) is 41.8 Å². The van der Waals surface area contributed by atoms with E-state index in [1.54, 1.807) is 11.0 Å². The Hall–Kier alpha value is -1.65. The fourth-order valence-electron chi connectivity index (χ4n) is 4.67. The minimum absolute atomic E-state index is 0.0297. The van der Waals surface area contributed by atoms with Crippen molar-refractivity contribution in [3.05, 3.63) is 39.5 Å². The van der Waals surface area contributed by atoms with Crippen molar-refractivity contribution in [1.82, 2.24) is 10.2 Å². The first kappa shape index (κ1) is 31.6. The van der Waals surface area contributed by atoms with Gasteiger partial charge in [0.1, 0.15) is 18.0 Å². The molecule has 3 atom stereocenters. The van der Waals surface area contributed by atoms with E-state index in [0.717, 1.165) is 54.9 Å². The molecule has 2 amide bonds. The summed E-state index contributed by atoms with van der Waals surface area (Å²) in [7, 11) is 0. The van der Waals surface area contributed by atoms with Crippen LogP contribution in [0.4, 0.5) is 0 Å². The first-order valence-corrected chi connectivity index (χ1v) is 15.0. The zero-order valence-electron chi connectivity index (χ0n) is 22.5. The van der Waals surface area contributed by atoms with Crippen molar-refractivity contribution < 1.29 is 24.5 Å². The van der Waals surface area contributed by atoms with Crippen LogP contribution in [0.3, 0.4) is 0 Å². The molecule has 0 saturated carbocycles. The highest BCUT2D eigenvalue weighted by atomic mass is 127. The fraction of sp³-hybridized carbons (Fsp3) is 0.655. The summed E-state index contributed by atoms with van der Waals surface area (Å²) in [5, 5.41) is 23.4. The highest BCUT2D eigenvalue weighted by Crippen LogP contribution is 2.30. The molecule has 0 bridgehead atoms. The third-order valence-electron chi connectivity index (χ3n) is 6.78. The second-order valence-electron chi connectivity index (χ2n) is 9.76. The number of nitrogens with one attached hydrogen (secondary N) is 1. The summed E-state index contributed by atoms with van der Waals surface area (Å²) in [6.45, 7) is 4.86. The number of halogens is 1. The summed E-state index contributed by atoms with van der Waals surface area (Å²) in [6, 6.07) is 6.97. The monoisotopic (exact) mass is 628 g/mol. The van der Waals surface area contributed by atoms with E-state index in [-0.39, 0.29) is 31.4 Å². The molecule has 0 fully saturated rings. The first-order chi connectivity index (χ1) is 17.9. The number of ether oxygens (including phenoxy) is 1. The maximum Gasteiger partial charge on any atom is 0.247 e. The van der Waals surface area contributed by atoms with Crippen LogP contribution in [-0.4, -0.2) is 64.9 Å². The van der Waals surface area contributed by atoms with Crippen LogP contribution in [0.25, 0.3) is 0 Å². The number of aliphatic hydroxyl groups is 2. The highest BCUT2D eigenvalue weighted by molar-refractivity contribution is 14.1. The molecule has 0 aromatic heterocycles. The lowest BCUT2D eigenvalue weighted by atomic mass is 9.87. The largest absolute Gasteiger partial charge is 0.482 e. The topological polar surface area (TPSA) is 99.1 Å². The molecule has 0 spiro atoms. The van der Waals surface area contributed by atoms with Gasteiger partial charge in [0.15, 0.2) is 0 Å². The van der Waals surface area contributed by atoms with Gasteiger partial charge in [0, 0.05) is 31.5 Å². The molecule has 208 valence electrons. The van der Waals surface area contributed by atoms with Crippen molar-refractivity contribution in [2.45, 2.75) is 103 Å². The van der Waals surface area contributed by atoms with Crippen molar-refractivity contribution in [3.8, 4) is 5.75 Å². The normalized spacial score (nSPS) is 19.3. The predicted octanol–water partition coefficient (Wildman–Crippen LogP) is 4.98. The van der Waals surface area contributed by atoms with Gasteiger partial charge in [-0.1, -0.05) is 70.9 Å². The Morgan fingerprint density at radius 1 is 1.05 bits per heavy atom. The Morgan fingerprint density at radius 3 is 2.41 bits per heavy atom. The Morgan fingerprint density at radius 2 is 1.73 bits per heavy atom. The third kappa shape index (κ3) is 10.6. The molecule has 7 nitrogen and oxygen atoms in total. The number of amides is 2. The standard InChI is InChI=1S/C29H45IN2O5/c1-3-5-7-9-10-16-27(34)32(18-13-8-6-4-2)24-20-22(29(36)31-17-19-33)21-26(28(24)35)37-25-15-12-11-14-23(25)30/h11-12,14-15,21,24,26,28,33,35H,3-10,13,16-20H2,1-2H3,(H,31,36). The van der Waals surface area contributed by atoms with Crippen LogP contribution in [0.5, 0.6) is 5.75 Å². The number of para-hydroxylation sites is 1. The van der Waals surface area contributed by atoms with E-state index < -0.39 is 18.2 Å². The molecule has 1 aromatic rings. The molecule has 1 aliphatic carbocycles. The van der Waals surface area contributed by atoms with E-state index >= 15 is 0 Å². The fourth-order valence-corrected chi connectivity index (χ4v) is 5.19. The molecule has 3 N–H and O–H groups in total. The summed E-state index contributed by atoms with van der Waals surface area (Å²) in [5.41, 5.74) is 0.467. The maximum absolute atomic E-state index is 13.5. The van der Waals surface area contributed by atoms with Gasteiger partial charge in [0.05, 0.1) is 16.2 Å². The lowest BCUT2D eigenvalue weighted by Crippen LogP contribution is -2.55. The number of carbonyl (C=O) groups excluding carboxylic acids is 2. The zero-order chi connectivity index (χ0) is 27.0. The quantitative estimate of drug-likeness (QED) is 0.167. The molecule has 2 rings (SSSR count). The Kier molecular flexibility index (Phi) is 15.2. The lowest BCUT2D eigenvalue weighted by molar-refractivity contribution is -0.138. The van der Waals surface area contributed by atoms with Crippen molar-refractivity contribution in [2.75, 3.05) is 19.7 Å². The van der Waals surface area contributed by atoms with Gasteiger partial charge in [0.2, 0.25) is 11.8 Å². The molecule has 0 radical (unpaired) electrons. The highest BCUT2D eigenvalue weighted by Gasteiger charge is 2.40. The number of rotatable bonds is 17. The Bertz CT molecular complexity index is 862. The van der Waals surface area contributed by atoms with Crippen LogP contribution in [-0.2, 0) is 9.59 Å². The molecule has 1 aliphatic rings. The smallest absolute Gasteiger partial charge is 0.247 e. The van der Waals surface area contributed by atoms with Gasteiger partial charge >= 0.3 is 0 Å². The van der Waals surface area contributed by atoms with Gasteiger partial charge in [-0.05, 0) is 53.6 Å². The SMILES string of the molecule is CCCCCCCC(=O)N(CCCCCC)C1CC(C(=O)NCCO)=CC(Oc2ccccc2I)C1O. The number of unbranched alkanes of at least 4 members (excludes halogenated alkanes) is 7. The molecule has 0 saturated heterocycles. The van der Waals surface area contributed by atoms with Gasteiger partial charge < -0.3 is 25.2 Å². The third-order valence-corrected chi connectivity index (χ3v) is 7.67. The summed E-state index contributed by atoms with van der Waals surface area (Å²) in [5.74, 6) is 0.346. The molecule has 8 heteroatoms. The zero-order valence-corrected chi connectivity index (χ0v) is 24.6. The van der Waals surface area contributed by atoms with E-state index in [1.165, 1.54) is 6.42 Å². The van der Waals surface area contributed by atoms with Gasteiger partial charge in [-0.2, -0.15) is 0 Å². The predicted molar refractivity (Wildman–Crippen MR) is 155 cm³/mol. The van der Waals surface area contributed by atoms with Crippen LogP contribution in [0.1, 0.15) is 84.5 Å². The van der Waals surface area contributed by atoms with E-state index in [9.17, 15) is 19.8 Å². The van der Waals surface area contributed by atoms with Crippen LogP contribution >= 0.6 is 22.6 Å². The summed E-state index contributed by atoms with van der Waals surface area (Å²) >= 11 is 2.18. The number of benzene rings is 1. The first-order valence-electron chi connectivity index (χ1n) is 13.9. The molecular weight excluding hydrogens is 583 g/mol. The molecule has 37 heavy (non-hydrogen) atoms. The number of carbonyl (C=O) groups is 2. The molecule has 3 unspecified atom stereocenters. The number of hydrogen-bond acceptors (Lipinski definition) is 5. The van der Waals surface area contributed by atoms with E-state index in [1.807, 2.05) is 24.3 Å². The van der Waals surface area contributed by atoms with Crippen molar-refractivity contribution in [2.24, 2.45) is 0 Å². The van der Waals surface area contributed by atoms with Crippen LogP contribution in [0.2, 0.25) is 0 Å². The van der Waals surface area contributed by atoms with Crippen molar-refractivity contribution in [1.29, 1.82) is 0 Å². The van der Waals surface area contributed by atoms with E-state index in [4.69, 9.17) is 4.74 Å². The van der Waals surface area contributed by atoms with Gasteiger partial charge in [-0.25, -0.2) is 0 Å². The minimum Gasteiger partial charge on any atom is -0.482 e. The van der Waals surface area contributed by atoms with Crippen LogP contribution < -0.4 is 10.1 Å². The van der Waals surface area contributed by atoms with Crippen molar-refractivity contribution in [3.63, 3.8) is 0 Å². The Balaban J connectivity index is 2.28. The van der Waals surface area contributed by atoms with Gasteiger partial charge in [-0.3, -0.25) is 9.59 Å². The van der Waals surface area contributed by atoms with E-state index in [0.29, 0.717) is 24.3 Å². The number of hydrogen-bond donors (Lipinski definition) is 3. The Labute approximate surface area is 236 Å². The van der Waals surface area contributed by atoms with Crippen LogP contribution in [0, 0.1) is 3.57 Å². The second kappa shape index (κ2) is 17.8. The molecular formula is C29H45IN2O5. The maximum atomic E-state index is 13.5. The summed E-state index contributed by atoms with van der Waals surface area (Å²) in [4.78, 5) is 28.2. The average Bonchev–Trinajstić information content (AvgIpc) is 2.89. The number of nitrogens with zero attached hydrogens (tertiary/aromatic N) is 1. The second-order valence-corrected chi connectivity index (χ2v) is 10.9. The van der Waals surface area contributed by atoms with Crippen LogP contribution in [0.15, 0.2) is 35.9 Å². The molecule has 0 aliphatic heterocycles. The van der Waals surface area contributed by atoms with Gasteiger partial charge in [-0.15, -0.1) is 0 Å². The molecule has 0 heterocycles. The van der Waals surface area contributed by atoms with Crippen molar-refractivity contribution >= 4 is 34.4 Å². The lowest BCUT2D eigenvalue weighted by Gasteiger charge is -2.40. The van der Waals surface area contributed by atoms with Gasteiger partial charge in [0.25, 0.3) is 0 Å². The minimum atomic E-state index is -0.972.